The van der Waals surface area contributed by atoms with Gasteiger partial charge in [0.1, 0.15) is 5.82 Å². The summed E-state index contributed by atoms with van der Waals surface area (Å²) in [5.41, 5.74) is 1.84. The molecule has 0 bridgehead atoms. The fourth-order valence-electron chi connectivity index (χ4n) is 4.22. The van der Waals surface area contributed by atoms with Crippen LogP contribution in [0.1, 0.15) is 51.0 Å². The van der Waals surface area contributed by atoms with E-state index in [0.29, 0.717) is 18.1 Å². The summed E-state index contributed by atoms with van der Waals surface area (Å²) in [6.45, 7) is 5.39. The Hall–Kier alpha value is -1.62. The second-order valence-electron chi connectivity index (χ2n) is 7.66. The number of anilines is 1. The highest BCUT2D eigenvalue weighted by atomic mass is 19.1. The standard InChI is InChI=1S/C20H30FN3O/c1-14-5-10-19(21)20(12-14)24-11-3-4-18(13-24)23-17-8-6-16(7-9-17)22-15(2)25/h5,10,12,16-18,23H,3-4,6-9,11,13H2,1-2H3,(H,22,25)/t16?,17?,18-/m1/s1. The van der Waals surface area contributed by atoms with E-state index in [-0.39, 0.29) is 11.7 Å². The van der Waals surface area contributed by atoms with Crippen molar-refractivity contribution in [3.8, 4) is 0 Å². The van der Waals surface area contributed by atoms with Gasteiger partial charge in [-0.2, -0.15) is 0 Å². The Morgan fingerprint density at radius 3 is 2.56 bits per heavy atom. The van der Waals surface area contributed by atoms with E-state index in [0.717, 1.165) is 62.9 Å². The van der Waals surface area contributed by atoms with Gasteiger partial charge in [0, 0.05) is 38.1 Å². The third kappa shape index (κ3) is 4.94. The van der Waals surface area contributed by atoms with Gasteiger partial charge in [-0.1, -0.05) is 6.07 Å². The van der Waals surface area contributed by atoms with Crippen molar-refractivity contribution in [3.63, 3.8) is 0 Å². The van der Waals surface area contributed by atoms with Crippen LogP contribution in [0.15, 0.2) is 18.2 Å². The Morgan fingerprint density at radius 2 is 1.84 bits per heavy atom. The van der Waals surface area contributed by atoms with E-state index in [2.05, 4.69) is 15.5 Å². The number of carbonyl (C=O) groups excluding carboxylic acids is 1. The van der Waals surface area contributed by atoms with Gasteiger partial charge in [0.2, 0.25) is 5.91 Å². The second kappa shape index (κ2) is 8.17. The third-order valence-electron chi connectivity index (χ3n) is 5.47. The number of hydrogen-bond acceptors (Lipinski definition) is 3. The Kier molecular flexibility index (Phi) is 5.94. The van der Waals surface area contributed by atoms with Crippen molar-refractivity contribution >= 4 is 11.6 Å². The molecule has 0 radical (unpaired) electrons. The summed E-state index contributed by atoms with van der Waals surface area (Å²) in [5, 5.41) is 6.82. The maximum atomic E-state index is 14.2. The van der Waals surface area contributed by atoms with E-state index >= 15 is 0 Å². The van der Waals surface area contributed by atoms with Gasteiger partial charge >= 0.3 is 0 Å². The van der Waals surface area contributed by atoms with E-state index in [1.165, 1.54) is 0 Å². The number of aryl methyl sites for hydroxylation is 1. The summed E-state index contributed by atoms with van der Waals surface area (Å²) in [4.78, 5) is 13.4. The number of nitrogens with one attached hydrogen (secondary N) is 2. The van der Waals surface area contributed by atoms with Crippen LogP contribution in [0.2, 0.25) is 0 Å². The molecule has 2 N–H and O–H groups in total. The number of amides is 1. The zero-order valence-electron chi connectivity index (χ0n) is 15.4. The van der Waals surface area contributed by atoms with Crippen LogP contribution in [0.4, 0.5) is 10.1 Å². The average Bonchev–Trinajstić information content (AvgIpc) is 2.59. The van der Waals surface area contributed by atoms with Gasteiger partial charge in [-0.05, 0) is 63.1 Å². The molecule has 1 aromatic carbocycles. The highest BCUT2D eigenvalue weighted by Crippen LogP contribution is 2.26. The predicted octanol–water partition coefficient (Wildman–Crippen LogP) is 3.14. The summed E-state index contributed by atoms with van der Waals surface area (Å²) in [5.74, 6) is -0.0541. The maximum absolute atomic E-state index is 14.2. The summed E-state index contributed by atoms with van der Waals surface area (Å²) in [6, 6.07) is 6.61. The van der Waals surface area contributed by atoms with Gasteiger partial charge in [-0.15, -0.1) is 0 Å². The van der Waals surface area contributed by atoms with E-state index < -0.39 is 0 Å². The van der Waals surface area contributed by atoms with Crippen LogP contribution >= 0.6 is 0 Å². The first-order valence-electron chi connectivity index (χ1n) is 9.55. The molecule has 1 atom stereocenters. The number of carbonyl (C=O) groups is 1. The van der Waals surface area contributed by atoms with Crippen LogP contribution in [0, 0.1) is 12.7 Å². The fraction of sp³-hybridized carbons (Fsp3) is 0.650. The van der Waals surface area contributed by atoms with Crippen LogP contribution in [-0.4, -0.2) is 37.1 Å². The number of hydrogen-bond donors (Lipinski definition) is 2. The summed E-state index contributed by atoms with van der Waals surface area (Å²) >= 11 is 0. The molecule has 138 valence electrons. The second-order valence-corrected chi connectivity index (χ2v) is 7.66. The molecule has 0 spiro atoms. The zero-order chi connectivity index (χ0) is 17.8. The molecule has 1 aliphatic carbocycles. The normalized spacial score (nSPS) is 27.2. The number of piperidine rings is 1. The fourth-order valence-corrected chi connectivity index (χ4v) is 4.22. The van der Waals surface area contributed by atoms with Crippen molar-refractivity contribution in [2.24, 2.45) is 0 Å². The third-order valence-corrected chi connectivity index (χ3v) is 5.47. The van der Waals surface area contributed by atoms with Crippen LogP contribution in [0.5, 0.6) is 0 Å². The van der Waals surface area contributed by atoms with E-state index in [4.69, 9.17) is 0 Å². The van der Waals surface area contributed by atoms with Crippen molar-refractivity contribution < 1.29 is 9.18 Å². The number of halogens is 1. The van der Waals surface area contributed by atoms with Crippen LogP contribution < -0.4 is 15.5 Å². The Balaban J connectivity index is 1.52. The molecule has 5 heteroatoms. The molecule has 2 aliphatic rings. The predicted molar refractivity (Wildman–Crippen MR) is 99.4 cm³/mol. The molecule has 3 rings (SSSR count). The Labute approximate surface area is 150 Å². The summed E-state index contributed by atoms with van der Waals surface area (Å²) in [6.07, 6.45) is 6.52. The smallest absolute Gasteiger partial charge is 0.217 e. The van der Waals surface area contributed by atoms with Crippen LogP contribution in [0.3, 0.4) is 0 Å². The minimum absolute atomic E-state index is 0.0690. The molecule has 2 fully saturated rings. The molecular formula is C20H30FN3O. The van der Waals surface area contributed by atoms with Gasteiger partial charge in [0.05, 0.1) is 5.69 Å². The summed E-state index contributed by atoms with van der Waals surface area (Å²) in [7, 11) is 0. The lowest BCUT2D eigenvalue weighted by molar-refractivity contribution is -0.119. The van der Waals surface area contributed by atoms with Crippen LogP contribution in [-0.2, 0) is 4.79 Å². The largest absolute Gasteiger partial charge is 0.368 e. The molecule has 1 saturated carbocycles. The van der Waals surface area contributed by atoms with Crippen molar-refractivity contribution in [2.45, 2.75) is 70.5 Å². The first-order valence-corrected chi connectivity index (χ1v) is 9.55. The van der Waals surface area contributed by atoms with Gasteiger partial charge in [0.25, 0.3) is 0 Å². The minimum atomic E-state index is -0.123. The lowest BCUT2D eigenvalue weighted by Crippen LogP contribution is -2.51. The highest BCUT2D eigenvalue weighted by Gasteiger charge is 2.27. The molecule has 1 amide bonds. The molecule has 25 heavy (non-hydrogen) atoms. The molecule has 1 aromatic rings. The number of benzene rings is 1. The zero-order valence-corrected chi connectivity index (χ0v) is 15.4. The van der Waals surface area contributed by atoms with E-state index in [1.807, 2.05) is 19.1 Å². The lowest BCUT2D eigenvalue weighted by Gasteiger charge is -2.38. The highest BCUT2D eigenvalue weighted by molar-refractivity contribution is 5.73. The summed E-state index contributed by atoms with van der Waals surface area (Å²) < 4.78 is 14.2. The van der Waals surface area contributed by atoms with E-state index in [1.54, 1.807) is 13.0 Å². The number of rotatable bonds is 4. The molecule has 0 unspecified atom stereocenters. The monoisotopic (exact) mass is 347 g/mol. The quantitative estimate of drug-likeness (QED) is 0.879. The van der Waals surface area contributed by atoms with Gasteiger partial charge in [-0.25, -0.2) is 4.39 Å². The van der Waals surface area contributed by atoms with Crippen LogP contribution in [0.25, 0.3) is 0 Å². The van der Waals surface area contributed by atoms with E-state index in [9.17, 15) is 9.18 Å². The van der Waals surface area contributed by atoms with Gasteiger partial charge in [-0.3, -0.25) is 4.79 Å². The average molecular weight is 347 g/mol. The Morgan fingerprint density at radius 1 is 1.12 bits per heavy atom. The first-order chi connectivity index (χ1) is 12.0. The topological polar surface area (TPSA) is 44.4 Å². The molecule has 1 aliphatic heterocycles. The molecule has 0 aromatic heterocycles. The van der Waals surface area contributed by atoms with Crippen molar-refractivity contribution in [3.05, 3.63) is 29.6 Å². The maximum Gasteiger partial charge on any atom is 0.217 e. The molecule has 1 heterocycles. The van der Waals surface area contributed by atoms with Gasteiger partial charge < -0.3 is 15.5 Å². The van der Waals surface area contributed by atoms with Crippen molar-refractivity contribution in [1.29, 1.82) is 0 Å². The molecule has 4 nitrogen and oxygen atoms in total. The SMILES string of the molecule is CC(=O)NC1CCC(N[C@@H]2CCCN(c3cc(C)ccc3F)C2)CC1. The Bertz CT molecular complexity index is 599. The van der Waals surface area contributed by atoms with Crippen molar-refractivity contribution in [2.75, 3.05) is 18.0 Å². The first kappa shape index (κ1) is 18.2. The lowest BCUT2D eigenvalue weighted by atomic mass is 9.90. The van der Waals surface area contributed by atoms with Crippen molar-refractivity contribution in [1.82, 2.24) is 10.6 Å². The van der Waals surface area contributed by atoms with Gasteiger partial charge in [0.15, 0.2) is 0 Å². The molecular weight excluding hydrogens is 317 g/mol. The number of nitrogens with zero attached hydrogens (tertiary/aromatic N) is 1. The molecule has 1 saturated heterocycles. The minimum Gasteiger partial charge on any atom is -0.368 e.